The Morgan fingerprint density at radius 2 is 2.50 bits per heavy atom. The van der Waals surface area contributed by atoms with Gasteiger partial charge in [-0.3, -0.25) is 0 Å². The van der Waals surface area contributed by atoms with Crippen LogP contribution in [0.3, 0.4) is 0 Å². The Morgan fingerprint density at radius 1 is 1.88 bits per heavy atom. The van der Waals surface area contributed by atoms with Crippen LogP contribution in [0.4, 0.5) is 0 Å². The Balaban J connectivity index is 2.42. The van der Waals surface area contributed by atoms with Crippen molar-refractivity contribution in [2.45, 2.75) is 20.0 Å². The van der Waals surface area contributed by atoms with Crippen molar-refractivity contribution < 1.29 is 4.74 Å². The van der Waals surface area contributed by atoms with E-state index >= 15 is 0 Å². The molecular weight excluding hydrogens is 124 g/mol. The monoisotopic (exact) mass is 134 g/mol. The van der Waals surface area contributed by atoms with Crippen LogP contribution in [0.25, 0.3) is 0 Å². The standard InChI is InChI=1S/C6H11ClO/c1-5-6(2,3-7)4-8-5/h5H,3-4H2,1-2H3. The summed E-state index contributed by atoms with van der Waals surface area (Å²) < 4.78 is 5.15. The molecule has 1 saturated heterocycles. The van der Waals surface area contributed by atoms with Crippen LogP contribution in [0.5, 0.6) is 0 Å². The molecule has 2 unspecified atom stereocenters. The highest BCUT2D eigenvalue weighted by molar-refractivity contribution is 6.18. The molecule has 0 radical (unpaired) electrons. The third-order valence-corrected chi connectivity index (χ3v) is 2.56. The first-order chi connectivity index (χ1) is 3.69. The van der Waals surface area contributed by atoms with E-state index < -0.39 is 0 Å². The summed E-state index contributed by atoms with van der Waals surface area (Å²) in [5, 5.41) is 0. The Bertz CT molecular complexity index is 90.5. The molecule has 0 aromatic carbocycles. The lowest BCUT2D eigenvalue weighted by atomic mass is 9.83. The van der Waals surface area contributed by atoms with E-state index in [1.165, 1.54) is 0 Å². The van der Waals surface area contributed by atoms with Crippen LogP contribution in [0.15, 0.2) is 0 Å². The zero-order valence-corrected chi connectivity index (χ0v) is 6.03. The Morgan fingerprint density at radius 3 is 2.50 bits per heavy atom. The Kier molecular flexibility index (Phi) is 1.50. The minimum atomic E-state index is 0.265. The van der Waals surface area contributed by atoms with Gasteiger partial charge in [0.15, 0.2) is 0 Å². The predicted octanol–water partition coefficient (Wildman–Crippen LogP) is 1.65. The lowest BCUT2D eigenvalue weighted by Gasteiger charge is -2.43. The van der Waals surface area contributed by atoms with Crippen LogP contribution in [0, 0.1) is 5.41 Å². The van der Waals surface area contributed by atoms with Crippen LogP contribution in [0.2, 0.25) is 0 Å². The van der Waals surface area contributed by atoms with Gasteiger partial charge in [-0.05, 0) is 6.92 Å². The summed E-state index contributed by atoms with van der Waals surface area (Å²) in [6, 6.07) is 0. The zero-order chi connectivity index (χ0) is 6.20. The molecule has 1 rings (SSSR count). The Labute approximate surface area is 55.0 Å². The average Bonchev–Trinajstić information content (AvgIpc) is 1.83. The highest BCUT2D eigenvalue weighted by Crippen LogP contribution is 2.34. The molecule has 1 aliphatic rings. The molecule has 2 atom stereocenters. The van der Waals surface area contributed by atoms with E-state index in [0.717, 1.165) is 6.61 Å². The van der Waals surface area contributed by atoms with Gasteiger partial charge in [0.05, 0.1) is 12.7 Å². The number of ether oxygens (including phenoxy) is 1. The molecule has 0 aromatic rings. The minimum Gasteiger partial charge on any atom is -0.377 e. The summed E-state index contributed by atoms with van der Waals surface area (Å²) in [5.74, 6) is 0.716. The van der Waals surface area contributed by atoms with E-state index in [4.69, 9.17) is 16.3 Å². The predicted molar refractivity (Wildman–Crippen MR) is 34.2 cm³/mol. The number of rotatable bonds is 1. The van der Waals surface area contributed by atoms with Crippen LogP contribution in [0.1, 0.15) is 13.8 Å². The van der Waals surface area contributed by atoms with Crippen molar-refractivity contribution in [3.8, 4) is 0 Å². The topological polar surface area (TPSA) is 9.23 Å². The van der Waals surface area contributed by atoms with Crippen molar-refractivity contribution in [3.63, 3.8) is 0 Å². The first-order valence-electron chi connectivity index (χ1n) is 2.86. The van der Waals surface area contributed by atoms with E-state index in [9.17, 15) is 0 Å². The molecule has 2 heteroatoms. The van der Waals surface area contributed by atoms with E-state index in [0.29, 0.717) is 12.0 Å². The molecule has 0 aromatic heterocycles. The lowest BCUT2D eigenvalue weighted by molar-refractivity contribution is -0.154. The molecule has 1 fully saturated rings. The highest BCUT2D eigenvalue weighted by atomic mass is 35.5. The van der Waals surface area contributed by atoms with E-state index in [1.807, 2.05) is 0 Å². The van der Waals surface area contributed by atoms with Crippen molar-refractivity contribution in [3.05, 3.63) is 0 Å². The van der Waals surface area contributed by atoms with E-state index in [2.05, 4.69) is 13.8 Å². The maximum atomic E-state index is 5.66. The number of alkyl halides is 1. The fraction of sp³-hybridized carbons (Fsp3) is 1.00. The quantitative estimate of drug-likeness (QED) is 0.496. The van der Waals surface area contributed by atoms with Crippen molar-refractivity contribution in [2.75, 3.05) is 12.5 Å². The van der Waals surface area contributed by atoms with Crippen LogP contribution < -0.4 is 0 Å². The normalized spacial score (nSPS) is 46.1. The first-order valence-corrected chi connectivity index (χ1v) is 3.40. The van der Waals surface area contributed by atoms with Gasteiger partial charge in [0.1, 0.15) is 0 Å². The summed E-state index contributed by atoms with van der Waals surface area (Å²) in [6.07, 6.45) is 0.361. The minimum absolute atomic E-state index is 0.265. The van der Waals surface area contributed by atoms with Gasteiger partial charge >= 0.3 is 0 Å². The molecule has 0 aliphatic carbocycles. The van der Waals surface area contributed by atoms with Gasteiger partial charge in [-0.2, -0.15) is 0 Å². The summed E-state index contributed by atoms with van der Waals surface area (Å²) in [7, 11) is 0. The lowest BCUT2D eigenvalue weighted by Crippen LogP contribution is -2.49. The smallest absolute Gasteiger partial charge is 0.0634 e. The number of hydrogen-bond acceptors (Lipinski definition) is 1. The van der Waals surface area contributed by atoms with Crippen LogP contribution >= 0.6 is 11.6 Å². The van der Waals surface area contributed by atoms with Gasteiger partial charge in [0.2, 0.25) is 0 Å². The summed E-state index contributed by atoms with van der Waals surface area (Å²) in [4.78, 5) is 0. The van der Waals surface area contributed by atoms with Crippen molar-refractivity contribution >= 4 is 11.6 Å². The molecule has 0 saturated carbocycles. The van der Waals surface area contributed by atoms with Gasteiger partial charge in [-0.1, -0.05) is 6.92 Å². The maximum absolute atomic E-state index is 5.66. The third-order valence-electron chi connectivity index (χ3n) is 1.95. The summed E-state index contributed by atoms with van der Waals surface area (Å²) in [6.45, 7) is 5.04. The van der Waals surface area contributed by atoms with Crippen LogP contribution in [-0.4, -0.2) is 18.6 Å². The van der Waals surface area contributed by atoms with Gasteiger partial charge in [-0.15, -0.1) is 11.6 Å². The van der Waals surface area contributed by atoms with Crippen molar-refractivity contribution in [1.29, 1.82) is 0 Å². The van der Waals surface area contributed by atoms with Crippen molar-refractivity contribution in [2.24, 2.45) is 5.41 Å². The molecule has 1 nitrogen and oxygen atoms in total. The second-order valence-corrected chi connectivity index (χ2v) is 3.01. The molecule has 0 amide bonds. The molecule has 0 spiro atoms. The van der Waals surface area contributed by atoms with Crippen LogP contribution in [-0.2, 0) is 4.74 Å². The second-order valence-electron chi connectivity index (χ2n) is 2.74. The summed E-state index contributed by atoms with van der Waals surface area (Å²) in [5.41, 5.74) is 0.265. The molecule has 8 heavy (non-hydrogen) atoms. The number of halogens is 1. The van der Waals surface area contributed by atoms with Gasteiger partial charge < -0.3 is 4.74 Å². The number of hydrogen-bond donors (Lipinski definition) is 0. The molecule has 0 N–H and O–H groups in total. The molecule has 0 bridgehead atoms. The average molecular weight is 135 g/mol. The third kappa shape index (κ3) is 0.741. The van der Waals surface area contributed by atoms with E-state index in [-0.39, 0.29) is 5.41 Å². The molecule has 48 valence electrons. The van der Waals surface area contributed by atoms with E-state index in [1.54, 1.807) is 0 Å². The summed E-state index contributed by atoms with van der Waals surface area (Å²) >= 11 is 5.66. The van der Waals surface area contributed by atoms with Crippen molar-refractivity contribution in [1.82, 2.24) is 0 Å². The van der Waals surface area contributed by atoms with Gasteiger partial charge in [0, 0.05) is 11.3 Å². The van der Waals surface area contributed by atoms with Gasteiger partial charge in [0.25, 0.3) is 0 Å². The Hall–Kier alpha value is 0.250. The molecular formula is C6H11ClO. The highest BCUT2D eigenvalue weighted by Gasteiger charge is 2.40. The maximum Gasteiger partial charge on any atom is 0.0634 e. The first kappa shape index (κ1) is 6.37. The molecule has 1 heterocycles. The second kappa shape index (κ2) is 1.89. The largest absolute Gasteiger partial charge is 0.377 e. The van der Waals surface area contributed by atoms with Gasteiger partial charge in [-0.25, -0.2) is 0 Å². The zero-order valence-electron chi connectivity index (χ0n) is 5.28. The SMILES string of the molecule is CC1OCC1(C)CCl. The fourth-order valence-electron chi connectivity index (χ4n) is 0.682. The fourth-order valence-corrected chi connectivity index (χ4v) is 0.976. The molecule has 1 aliphatic heterocycles.